The van der Waals surface area contributed by atoms with Crippen LogP contribution in [0.15, 0.2) is 63.7 Å². The first kappa shape index (κ1) is 29.7. The molecule has 0 aliphatic rings. The Balaban J connectivity index is 1.60. The van der Waals surface area contributed by atoms with Crippen LogP contribution in [0.25, 0.3) is 11.3 Å². The van der Waals surface area contributed by atoms with Gasteiger partial charge in [-0.1, -0.05) is 31.2 Å². The van der Waals surface area contributed by atoms with Gasteiger partial charge >= 0.3 is 0 Å². The lowest BCUT2D eigenvalue weighted by atomic mass is 10.1. The lowest BCUT2D eigenvalue weighted by Gasteiger charge is -2.26. The van der Waals surface area contributed by atoms with Crippen LogP contribution in [0.2, 0.25) is 0 Å². The minimum absolute atomic E-state index is 0.136. The molecule has 0 spiro atoms. The van der Waals surface area contributed by atoms with Crippen LogP contribution in [-0.2, 0) is 20.9 Å². The fourth-order valence-corrected chi connectivity index (χ4v) is 4.53. The Morgan fingerprint density at radius 2 is 1.76 bits per heavy atom. The van der Waals surface area contributed by atoms with Crippen molar-refractivity contribution in [1.82, 2.24) is 9.96 Å². The number of amides is 1. The van der Waals surface area contributed by atoms with Crippen molar-refractivity contribution in [1.29, 1.82) is 0 Å². The Kier molecular flexibility index (Phi) is 11.2. The number of hydrogen-bond donors (Lipinski definition) is 0. The van der Waals surface area contributed by atoms with Gasteiger partial charge in [0.25, 0.3) is 5.91 Å². The van der Waals surface area contributed by atoms with Crippen LogP contribution in [0.5, 0.6) is 11.5 Å². The number of hydroxylamine groups is 2. The predicted octanol–water partition coefficient (Wildman–Crippen LogP) is 5.96. The van der Waals surface area contributed by atoms with Gasteiger partial charge in [-0.2, -0.15) is 0 Å². The number of carbonyl (C=O) groups excluding carboxylic acids is 1. The molecule has 0 aliphatic carbocycles. The molecular weight excluding hydrogens is 552 g/mol. The summed E-state index contributed by atoms with van der Waals surface area (Å²) in [5.74, 6) is 1.92. The van der Waals surface area contributed by atoms with E-state index in [-0.39, 0.29) is 11.8 Å². The third-order valence-electron chi connectivity index (χ3n) is 6.09. The van der Waals surface area contributed by atoms with Crippen LogP contribution >= 0.6 is 15.9 Å². The van der Waals surface area contributed by atoms with Gasteiger partial charge in [0.1, 0.15) is 21.7 Å². The SMILES string of the molecule is COc1cc(-c2ccco2)cc(OC[C@@H](C)CCN(OC)C(=O)C(OC)c2ccc(CN(C)C)cc2)c1Br. The van der Waals surface area contributed by atoms with Gasteiger partial charge in [0.2, 0.25) is 0 Å². The zero-order valence-corrected chi connectivity index (χ0v) is 24.5. The highest BCUT2D eigenvalue weighted by Gasteiger charge is 2.27. The molecule has 38 heavy (non-hydrogen) atoms. The molecule has 3 rings (SSSR count). The summed E-state index contributed by atoms with van der Waals surface area (Å²) in [6.07, 6.45) is 1.55. The number of carbonyl (C=O) groups is 1. The van der Waals surface area contributed by atoms with Crippen LogP contribution in [0, 0.1) is 5.92 Å². The van der Waals surface area contributed by atoms with Crippen molar-refractivity contribution in [3.05, 3.63) is 70.4 Å². The number of nitrogens with zero attached hydrogens (tertiary/aromatic N) is 2. The third-order valence-corrected chi connectivity index (χ3v) is 6.87. The summed E-state index contributed by atoms with van der Waals surface area (Å²) in [6, 6.07) is 15.4. The van der Waals surface area contributed by atoms with E-state index in [9.17, 15) is 4.79 Å². The molecule has 206 valence electrons. The van der Waals surface area contributed by atoms with Gasteiger partial charge in [-0.05, 0) is 77.8 Å². The quantitative estimate of drug-likeness (QED) is 0.215. The van der Waals surface area contributed by atoms with E-state index >= 15 is 0 Å². The predicted molar refractivity (Wildman–Crippen MR) is 150 cm³/mol. The van der Waals surface area contributed by atoms with Crippen LogP contribution in [0.1, 0.15) is 30.6 Å². The monoisotopic (exact) mass is 588 g/mol. The standard InChI is InChI=1S/C29H37BrN2O6/c1-20(19-38-26-17-23(24-8-7-15-37-24)16-25(34-4)27(26)30)13-14-32(36-6)29(33)28(35-5)22-11-9-21(10-12-22)18-31(2)3/h7-12,15-17,20,28H,13-14,18-19H2,1-6H3/t20-,28?/m0/s1. The van der Waals surface area contributed by atoms with Crippen LogP contribution in [0.3, 0.4) is 0 Å². The van der Waals surface area contributed by atoms with E-state index in [0.29, 0.717) is 31.1 Å². The molecule has 1 amide bonds. The zero-order chi connectivity index (χ0) is 27.7. The molecule has 3 aromatic rings. The molecule has 2 atom stereocenters. The van der Waals surface area contributed by atoms with Gasteiger partial charge in [-0.25, -0.2) is 5.06 Å². The first-order valence-electron chi connectivity index (χ1n) is 12.4. The van der Waals surface area contributed by atoms with E-state index in [1.807, 2.05) is 62.6 Å². The first-order valence-corrected chi connectivity index (χ1v) is 13.2. The third kappa shape index (κ3) is 7.83. The van der Waals surface area contributed by atoms with Crippen molar-refractivity contribution in [2.24, 2.45) is 5.92 Å². The minimum atomic E-state index is -0.748. The highest BCUT2D eigenvalue weighted by Crippen LogP contribution is 2.39. The van der Waals surface area contributed by atoms with E-state index in [4.69, 9.17) is 23.5 Å². The molecule has 0 saturated heterocycles. The van der Waals surface area contributed by atoms with Crippen LogP contribution in [-0.4, -0.2) is 64.4 Å². The van der Waals surface area contributed by atoms with Gasteiger partial charge in [-0.3, -0.25) is 9.63 Å². The summed E-state index contributed by atoms with van der Waals surface area (Å²) in [7, 11) is 8.68. The topological polar surface area (TPSA) is 73.6 Å². The van der Waals surface area contributed by atoms with E-state index in [1.165, 1.54) is 19.3 Å². The molecule has 0 saturated carbocycles. The van der Waals surface area contributed by atoms with Crippen molar-refractivity contribution < 1.29 is 28.3 Å². The second kappa shape index (κ2) is 14.3. The molecule has 0 N–H and O–H groups in total. The first-order chi connectivity index (χ1) is 18.3. The number of hydrogen-bond acceptors (Lipinski definition) is 7. The van der Waals surface area contributed by atoms with Crippen molar-refractivity contribution >= 4 is 21.8 Å². The molecule has 0 radical (unpaired) electrons. The van der Waals surface area contributed by atoms with E-state index in [2.05, 4.69) is 27.8 Å². The van der Waals surface area contributed by atoms with E-state index in [1.54, 1.807) is 13.4 Å². The maximum atomic E-state index is 13.2. The lowest BCUT2D eigenvalue weighted by Crippen LogP contribution is -2.36. The second-order valence-corrected chi connectivity index (χ2v) is 10.2. The molecule has 1 unspecified atom stereocenters. The number of rotatable bonds is 14. The summed E-state index contributed by atoms with van der Waals surface area (Å²) in [5.41, 5.74) is 2.81. The van der Waals surface area contributed by atoms with Crippen molar-refractivity contribution in [2.75, 3.05) is 48.6 Å². The van der Waals surface area contributed by atoms with Crippen molar-refractivity contribution in [2.45, 2.75) is 26.0 Å². The summed E-state index contributed by atoms with van der Waals surface area (Å²) in [5, 5.41) is 1.36. The summed E-state index contributed by atoms with van der Waals surface area (Å²) in [6.45, 7) is 3.73. The Morgan fingerprint density at radius 1 is 1.05 bits per heavy atom. The molecule has 0 bridgehead atoms. The maximum absolute atomic E-state index is 13.2. The Bertz CT molecular complexity index is 1150. The number of furan rings is 1. The Morgan fingerprint density at radius 3 is 2.34 bits per heavy atom. The maximum Gasteiger partial charge on any atom is 0.279 e. The summed E-state index contributed by atoms with van der Waals surface area (Å²) >= 11 is 3.57. The Hall–Kier alpha value is -2.85. The molecule has 1 heterocycles. The average molecular weight is 590 g/mol. The fourth-order valence-electron chi connectivity index (χ4n) is 4.03. The highest BCUT2D eigenvalue weighted by molar-refractivity contribution is 9.10. The van der Waals surface area contributed by atoms with Gasteiger partial charge in [-0.15, -0.1) is 0 Å². The number of benzene rings is 2. The molecule has 1 aromatic heterocycles. The average Bonchev–Trinajstić information content (AvgIpc) is 3.45. The van der Waals surface area contributed by atoms with Crippen LogP contribution < -0.4 is 9.47 Å². The second-order valence-electron chi connectivity index (χ2n) is 9.39. The molecule has 0 fully saturated rings. The van der Waals surface area contributed by atoms with E-state index < -0.39 is 6.10 Å². The highest BCUT2D eigenvalue weighted by atomic mass is 79.9. The van der Waals surface area contributed by atoms with Gasteiger partial charge in [0.05, 0.1) is 27.1 Å². The van der Waals surface area contributed by atoms with Crippen LogP contribution in [0.4, 0.5) is 0 Å². The molecule has 8 nitrogen and oxygen atoms in total. The zero-order valence-electron chi connectivity index (χ0n) is 22.9. The van der Waals surface area contributed by atoms with Crippen molar-refractivity contribution in [3.8, 4) is 22.8 Å². The molecule has 9 heteroatoms. The number of methoxy groups -OCH3 is 2. The molecular formula is C29H37BrN2O6. The normalized spacial score (nSPS) is 12.8. The van der Waals surface area contributed by atoms with Gasteiger partial charge < -0.3 is 23.5 Å². The number of ether oxygens (including phenoxy) is 3. The number of halogens is 1. The van der Waals surface area contributed by atoms with Gasteiger partial charge in [0, 0.05) is 25.8 Å². The Labute approximate surface area is 233 Å². The fraction of sp³-hybridized carbons (Fsp3) is 0.414. The lowest BCUT2D eigenvalue weighted by molar-refractivity contribution is -0.188. The van der Waals surface area contributed by atoms with Gasteiger partial charge in [0.15, 0.2) is 6.10 Å². The smallest absolute Gasteiger partial charge is 0.279 e. The molecule has 0 aliphatic heterocycles. The largest absolute Gasteiger partial charge is 0.495 e. The van der Waals surface area contributed by atoms with E-state index in [0.717, 1.165) is 33.5 Å². The summed E-state index contributed by atoms with van der Waals surface area (Å²) in [4.78, 5) is 20.8. The minimum Gasteiger partial charge on any atom is -0.495 e. The summed E-state index contributed by atoms with van der Waals surface area (Å²) < 4.78 is 23.5. The van der Waals surface area contributed by atoms with Crippen molar-refractivity contribution in [3.63, 3.8) is 0 Å². The molecule has 2 aromatic carbocycles.